The first-order valence-electron chi connectivity index (χ1n) is 7.12. The summed E-state index contributed by atoms with van der Waals surface area (Å²) in [5.74, 6) is 1.37. The summed E-state index contributed by atoms with van der Waals surface area (Å²) >= 11 is 0. The van der Waals surface area contributed by atoms with Crippen molar-refractivity contribution in [1.29, 1.82) is 0 Å². The van der Waals surface area contributed by atoms with Gasteiger partial charge in [-0.2, -0.15) is 0 Å². The van der Waals surface area contributed by atoms with Crippen LogP contribution in [0.5, 0.6) is 11.5 Å². The van der Waals surface area contributed by atoms with Crippen LogP contribution >= 0.6 is 0 Å². The number of nitrogens with one attached hydrogen (secondary N) is 1. The van der Waals surface area contributed by atoms with E-state index >= 15 is 0 Å². The molecule has 1 aliphatic heterocycles. The first-order valence-corrected chi connectivity index (χ1v) is 7.12. The van der Waals surface area contributed by atoms with Crippen LogP contribution in [-0.2, 0) is 6.54 Å². The molecule has 0 aromatic heterocycles. The van der Waals surface area contributed by atoms with Gasteiger partial charge in [0.2, 0.25) is 0 Å². The van der Waals surface area contributed by atoms with Crippen molar-refractivity contribution >= 4 is 5.69 Å². The number of rotatable bonds is 3. The summed E-state index contributed by atoms with van der Waals surface area (Å²) in [7, 11) is 0. The SMILES string of the molecule is Cc1c(F)cccc1NCc1cccc2c1OCCCO2. The van der Waals surface area contributed by atoms with E-state index in [1.54, 1.807) is 13.0 Å². The second-order valence-electron chi connectivity index (χ2n) is 5.06. The van der Waals surface area contributed by atoms with Gasteiger partial charge < -0.3 is 14.8 Å². The topological polar surface area (TPSA) is 30.5 Å². The van der Waals surface area contributed by atoms with Crippen molar-refractivity contribution in [3.63, 3.8) is 0 Å². The van der Waals surface area contributed by atoms with E-state index in [-0.39, 0.29) is 5.82 Å². The van der Waals surface area contributed by atoms with Crippen LogP contribution in [0, 0.1) is 12.7 Å². The Bertz CT molecular complexity index is 643. The minimum Gasteiger partial charge on any atom is -0.490 e. The number of para-hydroxylation sites is 1. The van der Waals surface area contributed by atoms with Crippen LogP contribution in [-0.4, -0.2) is 13.2 Å². The van der Waals surface area contributed by atoms with Crippen LogP contribution in [0.15, 0.2) is 36.4 Å². The van der Waals surface area contributed by atoms with Crippen LogP contribution in [0.1, 0.15) is 17.5 Å². The summed E-state index contributed by atoms with van der Waals surface area (Å²) in [6, 6.07) is 10.9. The maximum absolute atomic E-state index is 13.5. The summed E-state index contributed by atoms with van der Waals surface area (Å²) in [6.07, 6.45) is 0.880. The van der Waals surface area contributed by atoms with E-state index in [0.717, 1.165) is 29.2 Å². The molecule has 0 saturated carbocycles. The summed E-state index contributed by atoms with van der Waals surface area (Å²) in [4.78, 5) is 0. The molecule has 0 aliphatic carbocycles. The molecule has 0 atom stereocenters. The van der Waals surface area contributed by atoms with Crippen LogP contribution in [0.3, 0.4) is 0 Å². The largest absolute Gasteiger partial charge is 0.490 e. The van der Waals surface area contributed by atoms with E-state index in [0.29, 0.717) is 25.3 Å². The molecule has 3 nitrogen and oxygen atoms in total. The molecule has 0 fully saturated rings. The fourth-order valence-electron chi connectivity index (χ4n) is 2.38. The van der Waals surface area contributed by atoms with Gasteiger partial charge in [-0.15, -0.1) is 0 Å². The normalized spacial score (nSPS) is 13.6. The van der Waals surface area contributed by atoms with Crippen molar-refractivity contribution in [3.05, 3.63) is 53.3 Å². The lowest BCUT2D eigenvalue weighted by atomic mass is 10.1. The molecule has 2 aromatic carbocycles. The van der Waals surface area contributed by atoms with Crippen LogP contribution < -0.4 is 14.8 Å². The zero-order valence-electron chi connectivity index (χ0n) is 12.0. The van der Waals surface area contributed by atoms with E-state index in [2.05, 4.69) is 5.32 Å². The molecule has 0 saturated heterocycles. The van der Waals surface area contributed by atoms with Crippen molar-refractivity contribution in [2.45, 2.75) is 19.9 Å². The second kappa shape index (κ2) is 6.04. The van der Waals surface area contributed by atoms with Crippen LogP contribution in [0.25, 0.3) is 0 Å². The zero-order chi connectivity index (χ0) is 14.7. The van der Waals surface area contributed by atoms with Gasteiger partial charge in [-0.1, -0.05) is 18.2 Å². The molecular formula is C17H18FNO2. The first kappa shape index (κ1) is 13.7. The van der Waals surface area contributed by atoms with Gasteiger partial charge in [-0.05, 0) is 25.1 Å². The summed E-state index contributed by atoms with van der Waals surface area (Å²) in [5.41, 5.74) is 2.43. The van der Waals surface area contributed by atoms with E-state index in [4.69, 9.17) is 9.47 Å². The van der Waals surface area contributed by atoms with Crippen LogP contribution in [0.2, 0.25) is 0 Å². The first-order chi connectivity index (χ1) is 10.3. The molecule has 4 heteroatoms. The van der Waals surface area contributed by atoms with Gasteiger partial charge in [0.05, 0.1) is 13.2 Å². The molecule has 3 rings (SSSR count). The Morgan fingerprint density at radius 2 is 1.90 bits per heavy atom. The Morgan fingerprint density at radius 3 is 2.81 bits per heavy atom. The van der Waals surface area contributed by atoms with Gasteiger partial charge >= 0.3 is 0 Å². The molecule has 110 valence electrons. The number of hydrogen-bond donors (Lipinski definition) is 1. The number of benzene rings is 2. The lowest BCUT2D eigenvalue weighted by Gasteiger charge is -2.14. The highest BCUT2D eigenvalue weighted by Crippen LogP contribution is 2.33. The average Bonchev–Trinajstić information content (AvgIpc) is 2.74. The fraction of sp³-hybridized carbons (Fsp3) is 0.294. The highest BCUT2D eigenvalue weighted by Gasteiger charge is 2.14. The van der Waals surface area contributed by atoms with E-state index in [9.17, 15) is 4.39 Å². The minimum absolute atomic E-state index is 0.202. The lowest BCUT2D eigenvalue weighted by Crippen LogP contribution is -2.05. The summed E-state index contributed by atoms with van der Waals surface area (Å²) < 4.78 is 25.0. The van der Waals surface area contributed by atoms with Gasteiger partial charge in [0.15, 0.2) is 11.5 Å². The summed E-state index contributed by atoms with van der Waals surface area (Å²) in [6.45, 7) is 3.66. The smallest absolute Gasteiger partial charge is 0.166 e. The number of halogens is 1. The number of anilines is 1. The van der Waals surface area contributed by atoms with Gasteiger partial charge in [0, 0.05) is 29.8 Å². The monoisotopic (exact) mass is 287 g/mol. The maximum atomic E-state index is 13.5. The van der Waals surface area contributed by atoms with E-state index in [1.807, 2.05) is 24.3 Å². The van der Waals surface area contributed by atoms with E-state index in [1.165, 1.54) is 6.07 Å². The van der Waals surface area contributed by atoms with Gasteiger partial charge in [0.1, 0.15) is 5.82 Å². The van der Waals surface area contributed by atoms with Crippen molar-refractivity contribution in [2.24, 2.45) is 0 Å². The maximum Gasteiger partial charge on any atom is 0.166 e. The zero-order valence-corrected chi connectivity index (χ0v) is 12.0. The highest BCUT2D eigenvalue weighted by molar-refractivity contribution is 5.53. The molecule has 1 N–H and O–H groups in total. The standard InChI is InChI=1S/C17H18FNO2/c1-12-14(18)6-3-7-15(12)19-11-13-5-2-8-16-17(13)21-10-4-9-20-16/h2-3,5-8,19H,4,9-11H2,1H3. The Labute approximate surface area is 123 Å². The molecule has 0 bridgehead atoms. The molecular weight excluding hydrogens is 269 g/mol. The Morgan fingerprint density at radius 1 is 1.10 bits per heavy atom. The number of ether oxygens (including phenoxy) is 2. The number of fused-ring (bicyclic) bond motifs is 1. The third kappa shape index (κ3) is 2.94. The highest BCUT2D eigenvalue weighted by atomic mass is 19.1. The summed E-state index contributed by atoms with van der Waals surface area (Å²) in [5, 5.41) is 3.27. The van der Waals surface area contributed by atoms with Crippen molar-refractivity contribution < 1.29 is 13.9 Å². The Kier molecular flexibility index (Phi) is 3.95. The third-order valence-electron chi connectivity index (χ3n) is 3.59. The molecule has 1 heterocycles. The van der Waals surface area contributed by atoms with Gasteiger partial charge in [-0.25, -0.2) is 4.39 Å². The van der Waals surface area contributed by atoms with E-state index < -0.39 is 0 Å². The predicted octanol–water partition coefficient (Wildman–Crippen LogP) is 3.91. The average molecular weight is 287 g/mol. The fourth-order valence-corrected chi connectivity index (χ4v) is 2.38. The molecule has 0 amide bonds. The van der Waals surface area contributed by atoms with Crippen LogP contribution in [0.4, 0.5) is 10.1 Å². The number of hydrogen-bond acceptors (Lipinski definition) is 3. The van der Waals surface area contributed by atoms with Crippen molar-refractivity contribution in [3.8, 4) is 11.5 Å². The minimum atomic E-state index is -0.202. The molecule has 0 spiro atoms. The predicted molar refractivity (Wildman–Crippen MR) is 80.5 cm³/mol. The molecule has 1 aliphatic rings. The second-order valence-corrected chi connectivity index (χ2v) is 5.06. The molecule has 2 aromatic rings. The lowest BCUT2D eigenvalue weighted by molar-refractivity contribution is 0.296. The Hall–Kier alpha value is -2.23. The van der Waals surface area contributed by atoms with Crippen molar-refractivity contribution in [2.75, 3.05) is 18.5 Å². The molecule has 21 heavy (non-hydrogen) atoms. The quantitative estimate of drug-likeness (QED) is 0.928. The molecule has 0 radical (unpaired) electrons. The van der Waals surface area contributed by atoms with Gasteiger partial charge in [0.25, 0.3) is 0 Å². The van der Waals surface area contributed by atoms with Gasteiger partial charge in [-0.3, -0.25) is 0 Å². The molecule has 0 unspecified atom stereocenters. The van der Waals surface area contributed by atoms with Crippen molar-refractivity contribution in [1.82, 2.24) is 0 Å². The third-order valence-corrected chi connectivity index (χ3v) is 3.59. The Balaban J connectivity index is 1.81.